The van der Waals surface area contributed by atoms with E-state index in [1.54, 1.807) is 12.4 Å². The van der Waals surface area contributed by atoms with Gasteiger partial charge >= 0.3 is 5.97 Å². The molecule has 0 unspecified atom stereocenters. The molecule has 0 radical (unpaired) electrons. The summed E-state index contributed by atoms with van der Waals surface area (Å²) >= 11 is 11.8. The van der Waals surface area contributed by atoms with Gasteiger partial charge in [0, 0.05) is 26.0 Å². The summed E-state index contributed by atoms with van der Waals surface area (Å²) in [5.41, 5.74) is 5.67. The maximum Gasteiger partial charge on any atom is 0.323 e. The molecule has 11 nitrogen and oxygen atoms in total. The number of carboxylic acids is 1. The summed E-state index contributed by atoms with van der Waals surface area (Å²) in [6, 6.07) is 1.01. The highest BCUT2D eigenvalue weighted by Gasteiger charge is 2.29. The minimum absolute atomic E-state index is 0.0279. The molecule has 0 saturated heterocycles. The number of hydrogen-bond donors (Lipinski definition) is 5. The highest BCUT2D eigenvalue weighted by atomic mass is 35.5. The van der Waals surface area contributed by atoms with Gasteiger partial charge in [0.15, 0.2) is 5.95 Å². The van der Waals surface area contributed by atoms with Crippen molar-refractivity contribution in [2.45, 2.75) is 23.8 Å². The molecule has 2 rings (SSSR count). The molecule has 0 fully saturated rings. The monoisotopic (exact) mass is 492 g/mol. The van der Waals surface area contributed by atoms with Crippen molar-refractivity contribution in [1.82, 2.24) is 19.6 Å². The Hall–Kier alpha value is -2.54. The van der Waals surface area contributed by atoms with Crippen LogP contribution in [0.2, 0.25) is 10.0 Å². The molecule has 0 aliphatic rings. The molecular weight excluding hydrogens is 471 g/mol. The van der Waals surface area contributed by atoms with Gasteiger partial charge in [0.25, 0.3) is 0 Å². The number of nitrogen functional groups attached to an aromatic ring is 1. The maximum atomic E-state index is 12.8. The smallest absolute Gasteiger partial charge is 0.323 e. The van der Waals surface area contributed by atoms with Crippen molar-refractivity contribution in [2.75, 3.05) is 31.2 Å². The summed E-state index contributed by atoms with van der Waals surface area (Å²) in [6.45, 7) is -0.192. The lowest BCUT2D eigenvalue weighted by Crippen LogP contribution is -2.48. The van der Waals surface area contributed by atoms with Gasteiger partial charge in [-0.1, -0.05) is 23.2 Å². The number of halogens is 2. The molecule has 1 aromatic carbocycles. The van der Waals surface area contributed by atoms with Crippen LogP contribution >= 0.6 is 23.2 Å². The van der Waals surface area contributed by atoms with E-state index >= 15 is 0 Å². The number of aromatic nitrogens is 2. The Morgan fingerprint density at radius 3 is 2.52 bits per heavy atom. The number of nitrogens with one attached hydrogen (secondary N) is 3. The number of imidazole rings is 1. The molecule has 1 heterocycles. The average molecular weight is 493 g/mol. The second-order valence-corrected chi connectivity index (χ2v) is 9.10. The predicted molar refractivity (Wildman–Crippen MR) is 117 cm³/mol. The van der Waals surface area contributed by atoms with Gasteiger partial charge in [-0.05, 0) is 25.0 Å². The second kappa shape index (κ2) is 10.7. The van der Waals surface area contributed by atoms with Gasteiger partial charge in [-0.25, -0.2) is 13.4 Å². The Kier molecular flexibility index (Phi) is 8.51. The zero-order chi connectivity index (χ0) is 23.2. The SMILES string of the molecule is CN(CC(=O)O)C(=O)[C@H](CCCNc1ncc[nH]1)NS(=O)(=O)c1cc(Cl)c(N)c(Cl)c1. The zero-order valence-corrected chi connectivity index (χ0v) is 18.8. The average Bonchev–Trinajstić information content (AvgIpc) is 3.20. The number of aromatic amines is 1. The largest absolute Gasteiger partial charge is 0.480 e. The number of sulfonamides is 1. The van der Waals surface area contributed by atoms with Crippen molar-refractivity contribution >= 4 is 56.7 Å². The summed E-state index contributed by atoms with van der Waals surface area (Å²) in [5, 5.41) is 11.8. The molecule has 6 N–H and O–H groups in total. The van der Waals surface area contributed by atoms with Crippen LogP contribution in [0.4, 0.5) is 11.6 Å². The lowest BCUT2D eigenvalue weighted by Gasteiger charge is -2.23. The third-order valence-corrected chi connectivity index (χ3v) is 6.24. The third kappa shape index (κ3) is 6.99. The molecule has 1 aromatic heterocycles. The minimum Gasteiger partial charge on any atom is -0.480 e. The summed E-state index contributed by atoms with van der Waals surface area (Å²) in [4.78, 5) is 31.2. The van der Waals surface area contributed by atoms with Gasteiger partial charge in [0.2, 0.25) is 15.9 Å². The molecule has 0 saturated carbocycles. The predicted octanol–water partition coefficient (Wildman–Crippen LogP) is 1.38. The van der Waals surface area contributed by atoms with Gasteiger partial charge < -0.3 is 26.0 Å². The number of rotatable bonds is 11. The normalized spacial score (nSPS) is 12.4. The van der Waals surface area contributed by atoms with Crippen molar-refractivity contribution in [3.05, 3.63) is 34.6 Å². The van der Waals surface area contributed by atoms with Gasteiger partial charge in [-0.2, -0.15) is 4.72 Å². The van der Waals surface area contributed by atoms with Crippen LogP contribution in [0.1, 0.15) is 12.8 Å². The molecule has 0 aliphatic carbocycles. The molecule has 0 spiro atoms. The lowest BCUT2D eigenvalue weighted by molar-refractivity contribution is -0.144. The number of aliphatic carboxylic acids is 1. The quantitative estimate of drug-likeness (QED) is 0.231. The number of anilines is 2. The first kappa shape index (κ1) is 24.7. The zero-order valence-electron chi connectivity index (χ0n) is 16.4. The Balaban J connectivity index is 2.17. The Morgan fingerprint density at radius 2 is 1.97 bits per heavy atom. The van der Waals surface area contributed by atoms with Gasteiger partial charge in [-0.15, -0.1) is 0 Å². The molecule has 2 aromatic rings. The Bertz CT molecular complexity index is 1010. The van der Waals surface area contributed by atoms with Gasteiger partial charge in [0.1, 0.15) is 12.6 Å². The van der Waals surface area contributed by atoms with Crippen LogP contribution in [0.15, 0.2) is 29.4 Å². The second-order valence-electron chi connectivity index (χ2n) is 6.57. The third-order valence-electron chi connectivity index (χ3n) is 4.17. The van der Waals surface area contributed by atoms with Crippen molar-refractivity contribution < 1.29 is 23.1 Å². The highest BCUT2D eigenvalue weighted by molar-refractivity contribution is 7.89. The number of hydrogen-bond acceptors (Lipinski definition) is 7. The summed E-state index contributed by atoms with van der Waals surface area (Å²) in [7, 11) is -2.94. The number of amides is 1. The fraction of sp³-hybridized carbons (Fsp3) is 0.353. The first-order valence-electron chi connectivity index (χ1n) is 8.98. The van der Waals surface area contributed by atoms with E-state index in [1.165, 1.54) is 7.05 Å². The molecule has 0 bridgehead atoms. The molecule has 1 atom stereocenters. The number of carboxylic acid groups (broad SMARTS) is 1. The Morgan fingerprint density at radius 1 is 1.32 bits per heavy atom. The molecule has 170 valence electrons. The van der Waals surface area contributed by atoms with Gasteiger partial charge in [-0.3, -0.25) is 9.59 Å². The summed E-state index contributed by atoms with van der Waals surface area (Å²) in [5.74, 6) is -1.40. The maximum absolute atomic E-state index is 12.8. The number of nitrogens with two attached hydrogens (primary N) is 1. The number of H-pyrrole nitrogens is 1. The summed E-state index contributed by atoms with van der Waals surface area (Å²) in [6.07, 6.45) is 3.66. The number of carbonyl (C=O) groups is 2. The topological polar surface area (TPSA) is 171 Å². The van der Waals surface area contributed by atoms with Gasteiger partial charge in [0.05, 0.1) is 20.6 Å². The minimum atomic E-state index is -4.22. The standard InChI is InChI=1S/C17H22Cl2N6O5S/c1-25(9-14(26)27)16(28)13(3-2-4-21-17-22-5-6-23-17)24-31(29,30)10-7-11(18)15(20)12(19)8-10/h5-8,13,24H,2-4,9,20H2,1H3,(H,26,27)(H2,21,22,23)/t13-/m0/s1. The molecule has 0 aliphatic heterocycles. The fourth-order valence-corrected chi connectivity index (χ4v) is 4.52. The van der Waals surface area contributed by atoms with Crippen LogP contribution in [0.5, 0.6) is 0 Å². The highest BCUT2D eigenvalue weighted by Crippen LogP contribution is 2.30. The van der Waals surface area contributed by atoms with E-state index in [0.29, 0.717) is 18.9 Å². The fourth-order valence-electron chi connectivity index (χ4n) is 2.63. The number of benzene rings is 1. The van der Waals surface area contributed by atoms with Crippen LogP contribution < -0.4 is 15.8 Å². The van der Waals surface area contributed by atoms with Crippen molar-refractivity contribution in [2.24, 2.45) is 0 Å². The summed E-state index contributed by atoms with van der Waals surface area (Å²) < 4.78 is 28.0. The first-order valence-corrected chi connectivity index (χ1v) is 11.2. The van der Waals surface area contributed by atoms with Crippen LogP contribution in [0.3, 0.4) is 0 Å². The van der Waals surface area contributed by atoms with E-state index in [-0.39, 0.29) is 27.0 Å². The van der Waals surface area contributed by atoms with Crippen LogP contribution in [-0.4, -0.2) is 66.4 Å². The van der Waals surface area contributed by atoms with E-state index in [1.807, 2.05) is 0 Å². The van der Waals surface area contributed by atoms with E-state index in [0.717, 1.165) is 17.0 Å². The van der Waals surface area contributed by atoms with Crippen LogP contribution in [0, 0.1) is 0 Å². The van der Waals surface area contributed by atoms with Crippen LogP contribution in [0.25, 0.3) is 0 Å². The lowest BCUT2D eigenvalue weighted by atomic mass is 10.1. The van der Waals surface area contributed by atoms with E-state index in [4.69, 9.17) is 34.0 Å². The van der Waals surface area contributed by atoms with E-state index < -0.39 is 34.5 Å². The first-order chi connectivity index (χ1) is 14.5. The molecule has 14 heteroatoms. The molecule has 31 heavy (non-hydrogen) atoms. The van der Waals surface area contributed by atoms with Crippen molar-refractivity contribution in [3.63, 3.8) is 0 Å². The molecular formula is C17H22Cl2N6O5S. The number of nitrogens with zero attached hydrogens (tertiary/aromatic N) is 2. The van der Waals surface area contributed by atoms with Crippen molar-refractivity contribution in [3.8, 4) is 0 Å². The van der Waals surface area contributed by atoms with E-state index in [2.05, 4.69) is 20.0 Å². The molecule has 1 amide bonds. The Labute approximate surface area is 189 Å². The van der Waals surface area contributed by atoms with Crippen LogP contribution in [-0.2, 0) is 19.6 Å². The van der Waals surface area contributed by atoms with Crippen molar-refractivity contribution in [1.29, 1.82) is 0 Å². The van der Waals surface area contributed by atoms with E-state index in [9.17, 15) is 18.0 Å². The number of carbonyl (C=O) groups excluding carboxylic acids is 1. The number of likely N-dealkylation sites (N-methyl/N-ethyl adjacent to an activating group) is 1.